The Morgan fingerprint density at radius 1 is 0.852 bits per heavy atom. The molecule has 2 aromatic carbocycles. The van der Waals surface area contributed by atoms with Gasteiger partial charge in [-0.2, -0.15) is 9.37 Å². The summed E-state index contributed by atoms with van der Waals surface area (Å²) in [4.78, 5) is 24.0. The molecule has 4 rings (SSSR count). The van der Waals surface area contributed by atoms with Gasteiger partial charge in [0.15, 0.2) is 5.65 Å². The smallest absolute Gasteiger partial charge is 0.215 e. The number of aliphatic hydroxyl groups excluding tert-OH is 1. The maximum atomic E-state index is 13.4. The highest BCUT2D eigenvalue weighted by atomic mass is 19.1. The van der Waals surface area contributed by atoms with Crippen LogP contribution in [0.1, 0.15) is 21.7 Å². The predicted octanol–water partition coefficient (Wildman–Crippen LogP) is 4.41. The van der Waals surface area contributed by atoms with Gasteiger partial charge in [-0.1, -0.05) is 60.7 Å². The first-order chi connectivity index (χ1) is 13.1. The van der Waals surface area contributed by atoms with Gasteiger partial charge < -0.3 is 10.1 Å². The van der Waals surface area contributed by atoms with E-state index in [1.54, 1.807) is 54.6 Å². The number of nitrogens with one attached hydrogen (secondary N) is 1. The number of nitrogens with zero attached hydrogens (tertiary/aromatic N) is 2. The molecule has 0 saturated carbocycles. The van der Waals surface area contributed by atoms with Crippen LogP contribution in [-0.4, -0.2) is 25.8 Å². The Balaban J connectivity index is 1.94. The molecule has 0 bridgehead atoms. The van der Waals surface area contributed by atoms with E-state index in [1.807, 2.05) is 6.07 Å². The van der Waals surface area contributed by atoms with Crippen molar-refractivity contribution < 1.29 is 14.3 Å². The lowest BCUT2D eigenvalue weighted by atomic mass is 9.99. The van der Waals surface area contributed by atoms with Gasteiger partial charge in [-0.25, -0.2) is 4.98 Å². The zero-order chi connectivity index (χ0) is 18.8. The molecular formula is C21H14FN3O2. The van der Waals surface area contributed by atoms with Crippen molar-refractivity contribution in [3.05, 3.63) is 95.7 Å². The van der Waals surface area contributed by atoms with Crippen LogP contribution in [0.15, 0.2) is 72.8 Å². The summed E-state index contributed by atoms with van der Waals surface area (Å²) < 4.78 is 13.4. The average Bonchev–Trinajstić information content (AvgIpc) is 3.11. The summed E-state index contributed by atoms with van der Waals surface area (Å²) in [5.41, 5.74) is 1.45. The van der Waals surface area contributed by atoms with Crippen molar-refractivity contribution in [3.63, 3.8) is 0 Å². The number of imidazole rings is 1. The van der Waals surface area contributed by atoms with Crippen LogP contribution in [0.5, 0.6) is 0 Å². The minimum absolute atomic E-state index is 0.00851. The maximum absolute atomic E-state index is 13.4. The van der Waals surface area contributed by atoms with Crippen LogP contribution < -0.4 is 0 Å². The zero-order valence-corrected chi connectivity index (χ0v) is 14.1. The molecule has 0 radical (unpaired) electrons. The number of pyridine rings is 1. The van der Waals surface area contributed by atoms with E-state index in [0.29, 0.717) is 16.6 Å². The van der Waals surface area contributed by atoms with Crippen molar-refractivity contribution in [3.8, 4) is 0 Å². The van der Waals surface area contributed by atoms with E-state index in [-0.39, 0.29) is 22.8 Å². The predicted molar refractivity (Wildman–Crippen MR) is 101 cm³/mol. The summed E-state index contributed by atoms with van der Waals surface area (Å²) in [6, 6.07) is 20.0. The summed E-state index contributed by atoms with van der Waals surface area (Å²) in [7, 11) is 0. The van der Waals surface area contributed by atoms with Crippen molar-refractivity contribution in [2.75, 3.05) is 0 Å². The third kappa shape index (κ3) is 3.20. The summed E-state index contributed by atoms with van der Waals surface area (Å²) >= 11 is 0. The lowest BCUT2D eigenvalue weighted by Crippen LogP contribution is -2.07. The topological polar surface area (TPSA) is 78.9 Å². The number of Topliss-reactive ketones (excluding diaryl/α,β-unsaturated/α-hetero) is 1. The van der Waals surface area contributed by atoms with E-state index in [1.165, 1.54) is 12.1 Å². The molecule has 0 aliphatic heterocycles. The fourth-order valence-corrected chi connectivity index (χ4v) is 2.79. The van der Waals surface area contributed by atoms with Gasteiger partial charge in [-0.05, 0) is 12.1 Å². The summed E-state index contributed by atoms with van der Waals surface area (Å²) in [5.74, 6) is -1.17. The Morgan fingerprint density at radius 2 is 1.48 bits per heavy atom. The lowest BCUT2D eigenvalue weighted by Gasteiger charge is -2.08. The Kier molecular flexibility index (Phi) is 4.22. The number of hydrogen-bond acceptors (Lipinski definition) is 4. The van der Waals surface area contributed by atoms with Gasteiger partial charge in [0.2, 0.25) is 11.7 Å². The number of H-pyrrole nitrogens is 1. The lowest BCUT2D eigenvalue weighted by molar-refractivity contribution is 0.105. The first-order valence-corrected chi connectivity index (χ1v) is 8.24. The first-order valence-electron chi connectivity index (χ1n) is 8.24. The minimum Gasteiger partial charge on any atom is -0.506 e. The van der Waals surface area contributed by atoms with Crippen LogP contribution in [0.4, 0.5) is 4.39 Å². The normalized spacial score (nSPS) is 12.0. The van der Waals surface area contributed by atoms with Gasteiger partial charge in [0.05, 0.1) is 5.52 Å². The van der Waals surface area contributed by atoms with Gasteiger partial charge in [-0.3, -0.25) is 4.79 Å². The highest BCUT2D eigenvalue weighted by molar-refractivity contribution is 6.33. The van der Waals surface area contributed by atoms with Gasteiger partial charge in [0, 0.05) is 11.1 Å². The third-order valence-corrected chi connectivity index (χ3v) is 4.10. The van der Waals surface area contributed by atoms with E-state index >= 15 is 0 Å². The number of hydrogen-bond donors (Lipinski definition) is 2. The zero-order valence-electron chi connectivity index (χ0n) is 14.1. The first kappa shape index (κ1) is 16.7. The number of halogens is 1. The second-order valence-corrected chi connectivity index (χ2v) is 5.88. The number of allylic oxidation sites excluding steroid dienone is 1. The number of carbonyl (C=O) groups excluding carboxylic acids is 1. The van der Waals surface area contributed by atoms with Crippen molar-refractivity contribution in [2.45, 2.75) is 0 Å². The number of aromatic amines is 1. The van der Waals surface area contributed by atoms with E-state index in [9.17, 15) is 14.3 Å². The van der Waals surface area contributed by atoms with E-state index in [0.717, 1.165) is 0 Å². The molecule has 0 fully saturated rings. The van der Waals surface area contributed by atoms with Gasteiger partial charge >= 0.3 is 0 Å². The Morgan fingerprint density at radius 3 is 2.15 bits per heavy atom. The second-order valence-electron chi connectivity index (χ2n) is 5.88. The Labute approximate surface area is 153 Å². The van der Waals surface area contributed by atoms with Crippen LogP contribution in [0.25, 0.3) is 22.5 Å². The molecule has 0 saturated heterocycles. The molecule has 27 heavy (non-hydrogen) atoms. The molecule has 4 aromatic rings. The molecule has 5 nitrogen and oxygen atoms in total. The molecule has 2 heterocycles. The standard InChI is InChI=1S/C21H14FN3O2/c22-16-12-11-15-20(24-16)25-21(23-15)17(18(26)13-7-3-1-4-8-13)19(27)14-9-5-2-6-10-14/h1-12,26H,(H,23,24,25)/b18-17-. The summed E-state index contributed by atoms with van der Waals surface area (Å²) in [5, 5.41) is 10.8. The number of carbonyl (C=O) groups is 1. The second kappa shape index (κ2) is 6.84. The third-order valence-electron chi connectivity index (χ3n) is 4.10. The molecule has 6 heteroatoms. The number of benzene rings is 2. The van der Waals surface area contributed by atoms with Gasteiger partial charge in [0.1, 0.15) is 17.2 Å². The van der Waals surface area contributed by atoms with Gasteiger partial charge in [-0.15, -0.1) is 0 Å². The summed E-state index contributed by atoms with van der Waals surface area (Å²) in [6.45, 7) is 0. The van der Waals surface area contributed by atoms with Crippen LogP contribution >= 0.6 is 0 Å². The molecule has 2 aromatic heterocycles. The molecule has 0 atom stereocenters. The van der Waals surface area contributed by atoms with Crippen LogP contribution in [0, 0.1) is 5.95 Å². The summed E-state index contributed by atoms with van der Waals surface area (Å²) in [6.07, 6.45) is 0. The Hall–Kier alpha value is -3.80. The highest BCUT2D eigenvalue weighted by Crippen LogP contribution is 2.27. The molecule has 0 amide bonds. The monoisotopic (exact) mass is 359 g/mol. The van der Waals surface area contributed by atoms with E-state index in [4.69, 9.17) is 0 Å². The van der Waals surface area contributed by atoms with Crippen molar-refractivity contribution >= 4 is 28.3 Å². The Bertz CT molecular complexity index is 1150. The molecule has 0 aliphatic rings. The van der Waals surface area contributed by atoms with Crippen molar-refractivity contribution in [1.29, 1.82) is 0 Å². The van der Waals surface area contributed by atoms with Crippen LogP contribution in [-0.2, 0) is 0 Å². The molecule has 0 spiro atoms. The number of aliphatic hydroxyl groups is 1. The number of ketones is 1. The van der Waals surface area contributed by atoms with Crippen LogP contribution in [0.3, 0.4) is 0 Å². The van der Waals surface area contributed by atoms with E-state index < -0.39 is 11.7 Å². The highest BCUT2D eigenvalue weighted by Gasteiger charge is 2.23. The molecule has 132 valence electrons. The SMILES string of the molecule is O=C(/C(=C(/O)c1ccccc1)c1nc2nc(F)ccc2[nH]1)c1ccccc1. The maximum Gasteiger partial charge on any atom is 0.215 e. The number of rotatable bonds is 4. The largest absolute Gasteiger partial charge is 0.506 e. The molecule has 2 N–H and O–H groups in total. The number of fused-ring (bicyclic) bond motifs is 1. The molecule has 0 unspecified atom stereocenters. The van der Waals surface area contributed by atoms with Gasteiger partial charge in [0.25, 0.3) is 0 Å². The average molecular weight is 359 g/mol. The number of aromatic nitrogens is 3. The quantitative estimate of drug-likeness (QED) is 0.245. The molecule has 0 aliphatic carbocycles. The fraction of sp³-hybridized carbons (Fsp3) is 0. The fourth-order valence-electron chi connectivity index (χ4n) is 2.79. The van der Waals surface area contributed by atoms with E-state index in [2.05, 4.69) is 15.0 Å². The minimum atomic E-state index is -0.673. The van der Waals surface area contributed by atoms with Crippen molar-refractivity contribution in [1.82, 2.24) is 15.0 Å². The van der Waals surface area contributed by atoms with Crippen LogP contribution in [0.2, 0.25) is 0 Å². The molecular weight excluding hydrogens is 345 g/mol. The van der Waals surface area contributed by atoms with Crippen molar-refractivity contribution in [2.24, 2.45) is 0 Å².